The fourth-order valence-corrected chi connectivity index (χ4v) is 4.06. The molecule has 0 bridgehead atoms. The first kappa shape index (κ1) is 19.3. The zero-order valence-corrected chi connectivity index (χ0v) is 17.2. The van der Waals surface area contributed by atoms with Crippen molar-refractivity contribution < 1.29 is 19.1 Å². The number of fused-ring (bicyclic) bond motifs is 1. The fraction of sp³-hybridized carbons (Fsp3) is 0.240. The van der Waals surface area contributed by atoms with Crippen LogP contribution in [0.1, 0.15) is 31.0 Å². The predicted molar refractivity (Wildman–Crippen MR) is 116 cm³/mol. The number of ether oxygens (including phenoxy) is 2. The quantitative estimate of drug-likeness (QED) is 0.651. The van der Waals surface area contributed by atoms with Gasteiger partial charge < -0.3 is 14.8 Å². The molecular weight excluding hydrogens is 392 g/mol. The molecule has 0 saturated heterocycles. The summed E-state index contributed by atoms with van der Waals surface area (Å²) in [7, 11) is 0. The number of benzene rings is 2. The Balaban J connectivity index is 1.31. The van der Waals surface area contributed by atoms with Crippen molar-refractivity contribution >= 4 is 17.4 Å². The number of ketones is 1. The van der Waals surface area contributed by atoms with E-state index in [1.54, 1.807) is 6.20 Å². The van der Waals surface area contributed by atoms with Crippen molar-refractivity contribution in [3.05, 3.63) is 72.1 Å². The van der Waals surface area contributed by atoms with Gasteiger partial charge in [-0.2, -0.15) is 0 Å². The molecule has 1 aliphatic heterocycles. The highest BCUT2D eigenvalue weighted by Gasteiger charge is 2.50. The molecule has 5 rings (SSSR count). The predicted octanol–water partition coefficient (Wildman–Crippen LogP) is 4.28. The average molecular weight is 414 g/mol. The van der Waals surface area contributed by atoms with Gasteiger partial charge in [0.2, 0.25) is 12.7 Å². The smallest absolute Gasteiger partial charge is 0.231 e. The molecule has 156 valence electrons. The summed E-state index contributed by atoms with van der Waals surface area (Å²) in [5, 5.41) is 2.79. The molecule has 0 radical (unpaired) electrons. The second-order valence-electron chi connectivity index (χ2n) is 8.05. The number of hydrogen-bond acceptors (Lipinski definition) is 5. The average Bonchev–Trinajstić information content (AvgIpc) is 3.45. The molecule has 2 aliphatic rings. The van der Waals surface area contributed by atoms with E-state index in [0.29, 0.717) is 12.2 Å². The van der Waals surface area contributed by atoms with Crippen molar-refractivity contribution in [2.75, 3.05) is 12.1 Å². The van der Waals surface area contributed by atoms with Gasteiger partial charge in [0.25, 0.3) is 0 Å². The van der Waals surface area contributed by atoms with E-state index in [0.717, 1.165) is 46.7 Å². The molecule has 1 aliphatic carbocycles. The lowest BCUT2D eigenvalue weighted by Crippen LogP contribution is -2.22. The summed E-state index contributed by atoms with van der Waals surface area (Å²) < 4.78 is 10.9. The summed E-state index contributed by atoms with van der Waals surface area (Å²) in [6, 6.07) is 17.2. The highest BCUT2D eigenvalue weighted by Crippen LogP contribution is 2.51. The van der Waals surface area contributed by atoms with Gasteiger partial charge >= 0.3 is 0 Å². The minimum Gasteiger partial charge on any atom is -0.454 e. The molecule has 1 saturated carbocycles. The number of nitrogens with one attached hydrogen (secondary N) is 1. The van der Waals surface area contributed by atoms with Crippen molar-refractivity contribution in [2.24, 2.45) is 0 Å². The highest BCUT2D eigenvalue weighted by molar-refractivity contribution is 5.94. The van der Waals surface area contributed by atoms with Crippen molar-refractivity contribution in [3.63, 3.8) is 0 Å². The first-order valence-electron chi connectivity index (χ1n) is 10.3. The van der Waals surface area contributed by atoms with E-state index in [1.807, 2.05) is 54.6 Å². The number of anilines is 1. The summed E-state index contributed by atoms with van der Waals surface area (Å²) in [6.45, 7) is 1.71. The van der Waals surface area contributed by atoms with Crippen molar-refractivity contribution in [1.82, 2.24) is 4.98 Å². The van der Waals surface area contributed by atoms with Crippen LogP contribution in [0.3, 0.4) is 0 Å². The van der Waals surface area contributed by atoms with Gasteiger partial charge in [-0.05, 0) is 54.3 Å². The number of carbonyl (C=O) groups excluding carboxylic acids is 2. The third-order valence-electron chi connectivity index (χ3n) is 5.89. The van der Waals surface area contributed by atoms with Crippen molar-refractivity contribution in [2.45, 2.75) is 31.6 Å². The van der Waals surface area contributed by atoms with Crippen LogP contribution >= 0.6 is 0 Å². The van der Waals surface area contributed by atoms with E-state index < -0.39 is 5.41 Å². The minimum atomic E-state index is -0.436. The number of amides is 1. The fourth-order valence-electron chi connectivity index (χ4n) is 4.06. The molecule has 3 aromatic rings. The zero-order chi connectivity index (χ0) is 21.4. The Hall–Kier alpha value is -3.67. The number of Topliss-reactive ketones (excluding diaryl/α,β-unsaturated/α-hetero) is 1. The molecule has 6 heteroatoms. The lowest BCUT2D eigenvalue weighted by molar-refractivity contribution is -0.121. The molecule has 2 heterocycles. The maximum atomic E-state index is 13.1. The Morgan fingerprint density at radius 2 is 1.84 bits per heavy atom. The van der Waals surface area contributed by atoms with Gasteiger partial charge in [-0.1, -0.05) is 24.3 Å². The molecule has 31 heavy (non-hydrogen) atoms. The number of pyridine rings is 1. The van der Waals surface area contributed by atoms with Gasteiger partial charge in [0, 0.05) is 36.5 Å². The van der Waals surface area contributed by atoms with E-state index in [2.05, 4.69) is 10.3 Å². The van der Waals surface area contributed by atoms with Crippen LogP contribution in [-0.4, -0.2) is 23.5 Å². The number of carbonyl (C=O) groups is 2. The molecule has 0 spiro atoms. The van der Waals surface area contributed by atoms with Crippen LogP contribution in [-0.2, 0) is 21.4 Å². The molecule has 2 aromatic carbocycles. The van der Waals surface area contributed by atoms with Gasteiger partial charge in [-0.25, -0.2) is 0 Å². The molecule has 1 aromatic heterocycles. The molecule has 1 amide bonds. The molecule has 0 unspecified atom stereocenters. The zero-order valence-electron chi connectivity index (χ0n) is 17.2. The molecule has 1 fully saturated rings. The van der Waals surface area contributed by atoms with Crippen LogP contribution in [0.15, 0.2) is 60.8 Å². The Bertz CT molecular complexity index is 1170. The third kappa shape index (κ3) is 3.77. The van der Waals surface area contributed by atoms with E-state index in [4.69, 9.17) is 9.47 Å². The van der Waals surface area contributed by atoms with Gasteiger partial charge in [-0.3, -0.25) is 14.6 Å². The Kier molecular flexibility index (Phi) is 4.70. The van der Waals surface area contributed by atoms with Crippen LogP contribution < -0.4 is 14.8 Å². The first-order valence-corrected chi connectivity index (χ1v) is 10.3. The van der Waals surface area contributed by atoms with Gasteiger partial charge in [0.05, 0.1) is 5.41 Å². The van der Waals surface area contributed by atoms with Crippen LogP contribution in [0.4, 0.5) is 5.69 Å². The van der Waals surface area contributed by atoms with E-state index in [-0.39, 0.29) is 18.5 Å². The summed E-state index contributed by atoms with van der Waals surface area (Å²) >= 11 is 0. The van der Waals surface area contributed by atoms with Crippen molar-refractivity contribution in [1.29, 1.82) is 0 Å². The number of nitrogens with zero attached hydrogens (tertiary/aromatic N) is 1. The van der Waals surface area contributed by atoms with Gasteiger partial charge in [0.15, 0.2) is 11.5 Å². The summed E-state index contributed by atoms with van der Waals surface area (Å²) in [5.74, 6) is 1.51. The minimum absolute atomic E-state index is 0.111. The number of rotatable bonds is 6. The summed E-state index contributed by atoms with van der Waals surface area (Å²) in [4.78, 5) is 29.0. The van der Waals surface area contributed by atoms with E-state index in [1.165, 1.54) is 6.92 Å². The van der Waals surface area contributed by atoms with Crippen LogP contribution in [0.2, 0.25) is 0 Å². The SMILES string of the molecule is CC(=O)Nc1cccc(-c2ccc(CC(=O)C3(c4ccc5c(c4)OCO5)CC3)nc2)c1. The van der Waals surface area contributed by atoms with Crippen LogP contribution in [0.5, 0.6) is 11.5 Å². The van der Waals surface area contributed by atoms with E-state index in [9.17, 15) is 9.59 Å². The van der Waals surface area contributed by atoms with E-state index >= 15 is 0 Å². The largest absolute Gasteiger partial charge is 0.454 e. The molecule has 0 atom stereocenters. The maximum absolute atomic E-state index is 13.1. The van der Waals surface area contributed by atoms with Crippen molar-refractivity contribution in [3.8, 4) is 22.6 Å². The monoisotopic (exact) mass is 414 g/mol. The highest BCUT2D eigenvalue weighted by atomic mass is 16.7. The Labute approximate surface area is 180 Å². The number of aromatic nitrogens is 1. The normalized spacial score (nSPS) is 15.4. The second kappa shape index (κ2) is 7.54. The molecule has 1 N–H and O–H groups in total. The first-order chi connectivity index (χ1) is 15.0. The van der Waals surface area contributed by atoms with Gasteiger partial charge in [-0.15, -0.1) is 0 Å². The second-order valence-corrected chi connectivity index (χ2v) is 8.05. The summed E-state index contributed by atoms with van der Waals surface area (Å²) in [6.07, 6.45) is 3.76. The maximum Gasteiger partial charge on any atom is 0.231 e. The van der Waals surface area contributed by atoms with Crippen LogP contribution in [0.25, 0.3) is 11.1 Å². The Morgan fingerprint density at radius 3 is 2.58 bits per heavy atom. The standard InChI is InChI=1S/C25H22N2O4/c1-16(28)27-21-4-2-3-17(11-21)18-5-7-20(26-14-18)13-24(29)25(9-10-25)19-6-8-22-23(12-19)31-15-30-22/h2-8,11-12,14H,9-10,13,15H2,1H3,(H,27,28). The molecule has 6 nitrogen and oxygen atoms in total. The van der Waals surface area contributed by atoms with Crippen LogP contribution in [0, 0.1) is 0 Å². The topological polar surface area (TPSA) is 77.5 Å². The van der Waals surface area contributed by atoms with Gasteiger partial charge in [0.1, 0.15) is 5.78 Å². The molecular formula is C25H22N2O4. The lowest BCUT2D eigenvalue weighted by Gasteiger charge is -2.15. The lowest BCUT2D eigenvalue weighted by atomic mass is 9.88. The third-order valence-corrected chi connectivity index (χ3v) is 5.89. The summed E-state index contributed by atoms with van der Waals surface area (Å²) in [5.41, 5.74) is 3.93. The Morgan fingerprint density at radius 1 is 1.00 bits per heavy atom. The number of hydrogen-bond donors (Lipinski definition) is 1.